The fourth-order valence-corrected chi connectivity index (χ4v) is 4.84. The Balaban J connectivity index is 1.46. The summed E-state index contributed by atoms with van der Waals surface area (Å²) >= 11 is 1.49. The summed E-state index contributed by atoms with van der Waals surface area (Å²) in [6, 6.07) is 13.7. The lowest BCUT2D eigenvalue weighted by Crippen LogP contribution is -2.10. The summed E-state index contributed by atoms with van der Waals surface area (Å²) in [5, 5.41) is 10.8. The number of carboxylic acid groups (broad SMARTS) is 1. The zero-order valence-electron chi connectivity index (χ0n) is 18.8. The summed E-state index contributed by atoms with van der Waals surface area (Å²) < 4.78 is 14.2. The van der Waals surface area contributed by atoms with Crippen molar-refractivity contribution in [2.45, 2.75) is 25.2 Å². The average Bonchev–Trinajstić information content (AvgIpc) is 3.53. The zero-order valence-corrected chi connectivity index (χ0v) is 19.6. The molecule has 9 heteroatoms. The lowest BCUT2D eigenvalue weighted by molar-refractivity contribution is -0.136. The van der Waals surface area contributed by atoms with Crippen LogP contribution in [0.3, 0.4) is 0 Å². The second-order valence-corrected chi connectivity index (χ2v) is 9.50. The number of aliphatic carboxylic acids is 1. The number of fused-ring (bicyclic) bond motifs is 1. The number of aryl methyl sites for hydroxylation is 2. The van der Waals surface area contributed by atoms with Crippen LogP contribution in [0.1, 0.15) is 23.5 Å². The van der Waals surface area contributed by atoms with Crippen molar-refractivity contribution in [2.24, 2.45) is 12.0 Å². The minimum atomic E-state index is -0.812. The molecule has 174 valence electrons. The largest absolute Gasteiger partial charge is 0.483 e. The molecule has 0 saturated carbocycles. The first-order valence-corrected chi connectivity index (χ1v) is 11.8. The van der Waals surface area contributed by atoms with Gasteiger partial charge in [-0.1, -0.05) is 29.5 Å². The first-order valence-electron chi connectivity index (χ1n) is 10.9. The fraction of sp³-hybridized carbons (Fsp3) is 0.240. The number of hydrogen-bond donors (Lipinski definition) is 2. The lowest BCUT2D eigenvalue weighted by Gasteiger charge is -2.11. The highest BCUT2D eigenvalue weighted by Crippen LogP contribution is 2.36. The second kappa shape index (κ2) is 9.26. The van der Waals surface area contributed by atoms with Crippen LogP contribution >= 0.6 is 11.8 Å². The van der Waals surface area contributed by atoms with E-state index in [-0.39, 0.29) is 11.7 Å². The molecule has 0 bridgehead atoms. The summed E-state index contributed by atoms with van der Waals surface area (Å²) in [6.45, 7) is 2.83. The highest BCUT2D eigenvalue weighted by Gasteiger charge is 2.24. The van der Waals surface area contributed by atoms with E-state index in [9.17, 15) is 4.79 Å². The van der Waals surface area contributed by atoms with Gasteiger partial charge in [-0.25, -0.2) is 4.98 Å². The number of nitrogens with zero attached hydrogens (tertiary/aromatic N) is 3. The number of rotatable bonds is 8. The summed E-state index contributed by atoms with van der Waals surface area (Å²) in [5.41, 5.74) is 2.82. The zero-order chi connectivity index (χ0) is 23.7. The third kappa shape index (κ3) is 4.79. The molecule has 3 heterocycles. The molecule has 0 radical (unpaired) electrons. The van der Waals surface area contributed by atoms with Gasteiger partial charge < -0.3 is 24.1 Å². The van der Waals surface area contributed by atoms with E-state index in [1.807, 2.05) is 67.2 Å². The van der Waals surface area contributed by atoms with E-state index in [0.717, 1.165) is 38.8 Å². The minimum Gasteiger partial charge on any atom is -0.483 e. The molecular formula is C25H24N4O4S. The molecule has 0 spiro atoms. The molecule has 34 heavy (non-hydrogen) atoms. The smallest absolute Gasteiger partial charge is 0.304 e. The molecule has 8 nitrogen and oxygen atoms in total. The Bertz CT molecular complexity index is 1370. The van der Waals surface area contributed by atoms with Crippen LogP contribution < -0.4 is 9.47 Å². The number of imidazole rings is 1. The van der Waals surface area contributed by atoms with E-state index in [1.165, 1.54) is 11.8 Å². The van der Waals surface area contributed by atoms with Gasteiger partial charge in [-0.2, -0.15) is 0 Å². The minimum absolute atomic E-state index is 0.0570. The van der Waals surface area contributed by atoms with Crippen LogP contribution in [0.25, 0.3) is 10.9 Å². The predicted octanol–water partition coefficient (Wildman–Crippen LogP) is 4.92. The number of ether oxygens (including phenoxy) is 2. The Morgan fingerprint density at radius 1 is 1.24 bits per heavy atom. The molecule has 1 aliphatic heterocycles. The first kappa shape index (κ1) is 22.1. The van der Waals surface area contributed by atoms with Crippen LogP contribution in [-0.2, 0) is 18.4 Å². The van der Waals surface area contributed by atoms with Gasteiger partial charge in [-0.05, 0) is 31.2 Å². The van der Waals surface area contributed by atoms with Crippen LogP contribution in [0.2, 0.25) is 0 Å². The van der Waals surface area contributed by atoms with Crippen molar-refractivity contribution >= 4 is 33.7 Å². The van der Waals surface area contributed by atoms with Gasteiger partial charge in [0.05, 0.1) is 24.2 Å². The Hall–Kier alpha value is -3.72. The van der Waals surface area contributed by atoms with E-state index < -0.39 is 5.97 Å². The van der Waals surface area contributed by atoms with Crippen molar-refractivity contribution < 1.29 is 19.4 Å². The number of hydrogen-bond acceptors (Lipinski definition) is 6. The molecule has 0 aliphatic carbocycles. The number of aromatic amines is 1. The Labute approximate surface area is 200 Å². The number of H-pyrrole nitrogens is 1. The molecule has 0 fully saturated rings. The standard InChI is InChI=1S/C25H24N4O4S/c1-15-3-5-17(6-4-15)33-18-9-16-10-20(25-27-13-19(34-25)12-23(30)31)28-24(16)21(11-18)32-14-22-26-7-8-29(22)2/h3-11,19,28H,12-14H2,1-2H3,(H,30,31). The molecule has 1 atom stereocenters. The first-order chi connectivity index (χ1) is 16.4. The maximum Gasteiger partial charge on any atom is 0.304 e. The molecule has 0 amide bonds. The number of benzene rings is 2. The molecule has 4 aromatic rings. The number of aromatic nitrogens is 3. The molecule has 5 rings (SSSR count). The van der Waals surface area contributed by atoms with Gasteiger partial charge in [0.1, 0.15) is 34.7 Å². The van der Waals surface area contributed by atoms with Gasteiger partial charge in [0, 0.05) is 36.1 Å². The summed E-state index contributed by atoms with van der Waals surface area (Å²) in [6.07, 6.45) is 3.70. The van der Waals surface area contributed by atoms with Gasteiger partial charge in [-0.15, -0.1) is 0 Å². The van der Waals surface area contributed by atoms with Crippen molar-refractivity contribution in [3.8, 4) is 17.2 Å². The van der Waals surface area contributed by atoms with Gasteiger partial charge in [0.2, 0.25) is 0 Å². The normalized spacial score (nSPS) is 15.5. The molecule has 2 aromatic heterocycles. The molecule has 1 aliphatic rings. The lowest BCUT2D eigenvalue weighted by atomic mass is 10.2. The topological polar surface area (TPSA) is 102 Å². The molecule has 2 N–H and O–H groups in total. The number of nitrogens with one attached hydrogen (secondary N) is 1. The average molecular weight is 477 g/mol. The van der Waals surface area contributed by atoms with E-state index in [0.29, 0.717) is 24.7 Å². The number of carbonyl (C=O) groups is 1. The predicted molar refractivity (Wildman–Crippen MR) is 132 cm³/mol. The van der Waals surface area contributed by atoms with E-state index >= 15 is 0 Å². The van der Waals surface area contributed by atoms with E-state index in [2.05, 4.69) is 15.0 Å². The second-order valence-electron chi connectivity index (χ2n) is 8.21. The van der Waals surface area contributed by atoms with Crippen LogP contribution in [0.4, 0.5) is 0 Å². The summed E-state index contributed by atoms with van der Waals surface area (Å²) in [5.74, 6) is 2.02. The summed E-state index contributed by atoms with van der Waals surface area (Å²) in [4.78, 5) is 23.4. The Kier molecular flexibility index (Phi) is 6.02. The fourth-order valence-electron chi connectivity index (χ4n) is 3.76. The molecular weight excluding hydrogens is 452 g/mol. The maximum absolute atomic E-state index is 11.1. The third-order valence-electron chi connectivity index (χ3n) is 5.55. The monoisotopic (exact) mass is 476 g/mol. The van der Waals surface area contributed by atoms with E-state index in [4.69, 9.17) is 14.6 Å². The van der Waals surface area contributed by atoms with Crippen molar-refractivity contribution in [3.63, 3.8) is 0 Å². The van der Waals surface area contributed by atoms with Gasteiger partial charge in [-0.3, -0.25) is 9.79 Å². The summed E-state index contributed by atoms with van der Waals surface area (Å²) in [7, 11) is 1.92. The van der Waals surface area contributed by atoms with Crippen LogP contribution in [0.5, 0.6) is 17.2 Å². The molecule has 1 unspecified atom stereocenters. The number of aliphatic imine (C=N–C) groups is 1. The quantitative estimate of drug-likeness (QED) is 0.374. The van der Waals surface area contributed by atoms with Crippen molar-refractivity contribution in [1.29, 1.82) is 0 Å². The van der Waals surface area contributed by atoms with Crippen molar-refractivity contribution in [2.75, 3.05) is 6.54 Å². The van der Waals surface area contributed by atoms with E-state index in [1.54, 1.807) is 6.20 Å². The van der Waals surface area contributed by atoms with Gasteiger partial charge >= 0.3 is 5.97 Å². The number of thioether (sulfide) groups is 1. The van der Waals surface area contributed by atoms with Crippen LogP contribution in [0.15, 0.2) is 59.9 Å². The Morgan fingerprint density at radius 2 is 2.06 bits per heavy atom. The van der Waals surface area contributed by atoms with Crippen molar-refractivity contribution in [3.05, 3.63) is 71.9 Å². The highest BCUT2D eigenvalue weighted by atomic mass is 32.2. The number of carboxylic acids is 1. The Morgan fingerprint density at radius 3 is 2.79 bits per heavy atom. The van der Waals surface area contributed by atoms with Crippen LogP contribution in [-0.4, -0.2) is 42.4 Å². The third-order valence-corrected chi connectivity index (χ3v) is 6.77. The van der Waals surface area contributed by atoms with Gasteiger partial charge in [0.15, 0.2) is 0 Å². The highest BCUT2D eigenvalue weighted by molar-refractivity contribution is 8.15. The SMILES string of the molecule is Cc1ccc(Oc2cc(OCc3nccn3C)c3[nH]c(C4=NCC(CC(=O)O)S4)cc3c2)cc1. The molecule has 2 aromatic carbocycles. The maximum atomic E-state index is 11.1. The van der Waals surface area contributed by atoms with Gasteiger partial charge in [0.25, 0.3) is 0 Å². The van der Waals surface area contributed by atoms with Crippen molar-refractivity contribution in [1.82, 2.24) is 14.5 Å². The molecule has 0 saturated heterocycles. The van der Waals surface area contributed by atoms with Crippen LogP contribution in [0, 0.1) is 6.92 Å².